The fraction of sp³-hybridized carbons (Fsp3) is 0.182. The van der Waals surface area contributed by atoms with E-state index in [1.165, 1.54) is 23.1 Å². The fourth-order valence-corrected chi connectivity index (χ4v) is 1.90. The molecule has 0 radical (unpaired) electrons. The molecule has 106 valence electrons. The van der Waals surface area contributed by atoms with Crippen molar-refractivity contribution in [3.8, 4) is 11.3 Å². The highest BCUT2D eigenvalue weighted by molar-refractivity contribution is 7.85. The minimum absolute atomic E-state index is 0.0671. The molecule has 2 rings (SSSR count). The van der Waals surface area contributed by atoms with Crippen LogP contribution in [0, 0.1) is 11.6 Å². The largest absolute Gasteiger partial charge is 0.748 e. The number of halogens is 2. The fourth-order valence-electron chi connectivity index (χ4n) is 1.49. The molecule has 0 unspecified atom stereocenters. The molecule has 2 aromatic rings. The van der Waals surface area contributed by atoms with Crippen molar-refractivity contribution in [2.75, 3.05) is 5.75 Å². The second-order valence-electron chi connectivity index (χ2n) is 3.92. The van der Waals surface area contributed by atoms with E-state index in [9.17, 15) is 21.8 Å². The van der Waals surface area contributed by atoms with Gasteiger partial charge in [-0.2, -0.15) is 0 Å². The molecule has 6 nitrogen and oxygen atoms in total. The van der Waals surface area contributed by atoms with Crippen LogP contribution in [0.5, 0.6) is 0 Å². The van der Waals surface area contributed by atoms with Gasteiger partial charge in [-0.1, -0.05) is 4.68 Å². The Bertz CT molecular complexity index is 720. The summed E-state index contributed by atoms with van der Waals surface area (Å²) in [6, 6.07) is 2.14. The predicted molar refractivity (Wildman–Crippen MR) is 62.1 cm³/mol. The third-order valence-corrected chi connectivity index (χ3v) is 3.11. The molecule has 0 saturated heterocycles. The zero-order valence-corrected chi connectivity index (χ0v) is 10.8. The number of pyridine rings is 1. The van der Waals surface area contributed by atoms with Gasteiger partial charge in [-0.15, -0.1) is 0 Å². The molecule has 0 fully saturated rings. The molecule has 0 aliphatic heterocycles. The van der Waals surface area contributed by atoms with E-state index < -0.39 is 27.5 Å². The number of rotatable bonds is 4. The van der Waals surface area contributed by atoms with E-state index in [2.05, 4.69) is 10.1 Å². The lowest BCUT2D eigenvalue weighted by Gasteiger charge is -2.03. The molecule has 0 saturated carbocycles. The van der Waals surface area contributed by atoms with Crippen LogP contribution in [0.3, 0.4) is 0 Å². The van der Waals surface area contributed by atoms with Gasteiger partial charge in [0.15, 0.2) is 18.6 Å². The van der Waals surface area contributed by atoms with Crippen molar-refractivity contribution in [3.05, 3.63) is 42.4 Å². The van der Waals surface area contributed by atoms with Crippen LogP contribution in [0.25, 0.3) is 11.3 Å². The second-order valence-corrected chi connectivity index (χ2v) is 5.45. The zero-order valence-electron chi connectivity index (χ0n) is 10.0. The summed E-state index contributed by atoms with van der Waals surface area (Å²) in [6.45, 7) is -0.106. The highest BCUT2D eigenvalue weighted by Gasteiger charge is 2.11. The monoisotopic (exact) mass is 301 g/mol. The van der Waals surface area contributed by atoms with Crippen molar-refractivity contribution < 1.29 is 26.4 Å². The van der Waals surface area contributed by atoms with E-state index in [0.717, 1.165) is 6.20 Å². The molecular weight excluding hydrogens is 292 g/mol. The van der Waals surface area contributed by atoms with Crippen LogP contribution in [0.15, 0.2) is 30.7 Å². The summed E-state index contributed by atoms with van der Waals surface area (Å²) in [7, 11) is -4.32. The molecule has 0 aliphatic rings. The minimum Gasteiger partial charge on any atom is -0.748 e. The summed E-state index contributed by atoms with van der Waals surface area (Å²) >= 11 is 0. The molecule has 9 heteroatoms. The summed E-state index contributed by atoms with van der Waals surface area (Å²) in [5.74, 6) is -2.20. The van der Waals surface area contributed by atoms with Gasteiger partial charge in [-0.25, -0.2) is 17.2 Å². The molecule has 0 aliphatic carbocycles. The van der Waals surface area contributed by atoms with Gasteiger partial charge in [0.05, 0.1) is 11.9 Å². The number of hydrogen-bond donors (Lipinski definition) is 0. The van der Waals surface area contributed by atoms with Gasteiger partial charge in [0.1, 0.15) is 27.8 Å². The molecule has 0 bridgehead atoms. The van der Waals surface area contributed by atoms with Gasteiger partial charge >= 0.3 is 0 Å². The van der Waals surface area contributed by atoms with Crippen LogP contribution in [0.4, 0.5) is 8.78 Å². The van der Waals surface area contributed by atoms with Gasteiger partial charge < -0.3 is 4.55 Å². The molecule has 20 heavy (non-hydrogen) atoms. The normalized spacial score (nSPS) is 11.6. The molecule has 0 atom stereocenters. The molecule has 0 aromatic carbocycles. The number of aryl methyl sites for hydroxylation is 1. The third-order valence-electron chi connectivity index (χ3n) is 2.42. The van der Waals surface area contributed by atoms with Crippen LogP contribution >= 0.6 is 0 Å². The quantitative estimate of drug-likeness (QED) is 0.597. The van der Waals surface area contributed by atoms with Crippen molar-refractivity contribution in [3.63, 3.8) is 0 Å². The molecule has 2 heterocycles. The standard InChI is InChI=1S/C11H9F2N3O3S/c12-9-5-10(13)11(14-7-9)8-1-2-16(15-6-8)3-4-20(17,18)19/h1-2,5-7H,3-4H2. The first kappa shape index (κ1) is 14.4. The molecule has 0 N–H and O–H groups in total. The lowest BCUT2D eigenvalue weighted by atomic mass is 10.2. The highest BCUT2D eigenvalue weighted by Crippen LogP contribution is 2.18. The maximum absolute atomic E-state index is 13.5. The van der Waals surface area contributed by atoms with Crippen LogP contribution in [0.2, 0.25) is 0 Å². The van der Waals surface area contributed by atoms with Crippen molar-refractivity contribution in [2.24, 2.45) is 0 Å². The Balaban J connectivity index is 2.19. The second kappa shape index (κ2) is 5.55. The van der Waals surface area contributed by atoms with Gasteiger partial charge in [-0.3, -0.25) is 4.98 Å². The van der Waals surface area contributed by atoms with Gasteiger partial charge in [0.2, 0.25) is 0 Å². The molecule has 2 aromatic heterocycles. The van der Waals surface area contributed by atoms with Crippen molar-refractivity contribution >= 4 is 10.1 Å². The summed E-state index contributed by atoms with van der Waals surface area (Å²) < 4.78 is 58.9. The first-order valence-corrected chi connectivity index (χ1v) is 7.04. The zero-order chi connectivity index (χ0) is 14.8. The van der Waals surface area contributed by atoms with E-state index in [4.69, 9.17) is 0 Å². The van der Waals surface area contributed by atoms with Crippen molar-refractivity contribution in [1.82, 2.24) is 10.1 Å². The van der Waals surface area contributed by atoms with E-state index in [0.29, 0.717) is 11.6 Å². The third kappa shape index (κ3) is 3.75. The number of hydrogen-bond acceptors (Lipinski definition) is 5. The van der Waals surface area contributed by atoms with E-state index in [-0.39, 0.29) is 12.2 Å². The minimum atomic E-state index is -4.32. The van der Waals surface area contributed by atoms with Crippen LogP contribution < -0.4 is 4.68 Å². The van der Waals surface area contributed by atoms with E-state index in [1.54, 1.807) is 0 Å². The summed E-state index contributed by atoms with van der Waals surface area (Å²) in [6.07, 6.45) is 3.51. The molecular formula is C11H9F2N3O3S. The van der Waals surface area contributed by atoms with Crippen LogP contribution in [-0.2, 0) is 16.7 Å². The van der Waals surface area contributed by atoms with Crippen LogP contribution in [-0.4, -0.2) is 28.8 Å². The van der Waals surface area contributed by atoms with Gasteiger partial charge in [0.25, 0.3) is 0 Å². The summed E-state index contributed by atoms with van der Waals surface area (Å²) in [5, 5.41) is 3.83. The van der Waals surface area contributed by atoms with Crippen molar-refractivity contribution in [1.29, 1.82) is 0 Å². The maximum Gasteiger partial charge on any atom is 0.197 e. The Kier molecular flexibility index (Phi) is 4.00. The number of aromatic nitrogens is 3. The Hall–Kier alpha value is -2.00. The Labute approximate surface area is 113 Å². The van der Waals surface area contributed by atoms with Crippen LogP contribution in [0.1, 0.15) is 0 Å². The smallest absolute Gasteiger partial charge is 0.197 e. The molecule has 0 amide bonds. The summed E-state index contributed by atoms with van der Waals surface area (Å²) in [4.78, 5) is 3.62. The topological polar surface area (TPSA) is 86.9 Å². The van der Waals surface area contributed by atoms with Gasteiger partial charge in [0, 0.05) is 17.7 Å². The lowest BCUT2D eigenvalue weighted by molar-refractivity contribution is -0.750. The lowest BCUT2D eigenvalue weighted by Crippen LogP contribution is -2.40. The summed E-state index contributed by atoms with van der Waals surface area (Å²) in [5.41, 5.74) is 0.242. The van der Waals surface area contributed by atoms with Gasteiger partial charge in [-0.05, 0) is 5.10 Å². The predicted octanol–water partition coefficient (Wildman–Crippen LogP) is 0.255. The Morgan fingerprint density at radius 3 is 2.60 bits per heavy atom. The van der Waals surface area contributed by atoms with E-state index >= 15 is 0 Å². The SMILES string of the molecule is O=S(=O)([O-])CC[n+]1ccc(-c2ncc(F)cc2F)cn1. The molecule has 0 spiro atoms. The maximum atomic E-state index is 13.5. The Morgan fingerprint density at radius 2 is 2.05 bits per heavy atom. The Morgan fingerprint density at radius 1 is 1.30 bits per heavy atom. The average Bonchev–Trinajstić information content (AvgIpc) is 2.36. The average molecular weight is 301 g/mol. The first-order chi connectivity index (χ1) is 9.35. The highest BCUT2D eigenvalue weighted by atomic mass is 32.2. The van der Waals surface area contributed by atoms with Crippen molar-refractivity contribution in [2.45, 2.75) is 6.54 Å². The number of nitrogens with zero attached hydrogens (tertiary/aromatic N) is 3. The van der Waals surface area contributed by atoms with E-state index in [1.807, 2.05) is 0 Å². The first-order valence-electron chi connectivity index (χ1n) is 5.46.